The summed E-state index contributed by atoms with van der Waals surface area (Å²) < 4.78 is 7.36. The highest BCUT2D eigenvalue weighted by Gasteiger charge is 2.35. The van der Waals surface area contributed by atoms with Crippen LogP contribution in [0.25, 0.3) is 0 Å². The lowest BCUT2D eigenvalue weighted by atomic mass is 10.0. The SMILES string of the molecule is CCc1cc2n(c1C(=O)c1cc(Cl)cs1)CCC2C(=O)OC(C)C. The van der Waals surface area contributed by atoms with Gasteiger partial charge in [-0.15, -0.1) is 11.3 Å². The van der Waals surface area contributed by atoms with Gasteiger partial charge in [0.15, 0.2) is 0 Å². The fourth-order valence-electron chi connectivity index (χ4n) is 3.20. The van der Waals surface area contributed by atoms with Crippen LogP contribution >= 0.6 is 22.9 Å². The van der Waals surface area contributed by atoms with Gasteiger partial charge in [0.2, 0.25) is 5.78 Å². The summed E-state index contributed by atoms with van der Waals surface area (Å²) in [4.78, 5) is 25.9. The number of nitrogens with zero attached hydrogens (tertiary/aromatic N) is 1. The van der Waals surface area contributed by atoms with Crippen molar-refractivity contribution < 1.29 is 14.3 Å². The Morgan fingerprint density at radius 3 is 2.75 bits per heavy atom. The molecule has 0 saturated carbocycles. The second-order valence-electron chi connectivity index (χ2n) is 6.23. The summed E-state index contributed by atoms with van der Waals surface area (Å²) in [5, 5.41) is 2.34. The van der Waals surface area contributed by atoms with Crippen molar-refractivity contribution in [3.05, 3.63) is 44.4 Å². The minimum Gasteiger partial charge on any atom is -0.462 e. The Hall–Kier alpha value is -1.59. The zero-order valence-electron chi connectivity index (χ0n) is 14.0. The Bertz CT molecular complexity index is 790. The highest BCUT2D eigenvalue weighted by molar-refractivity contribution is 7.12. The van der Waals surface area contributed by atoms with Crippen LogP contribution in [0.15, 0.2) is 17.5 Å². The number of fused-ring (bicyclic) bond motifs is 1. The summed E-state index contributed by atoms with van der Waals surface area (Å²) in [5.41, 5.74) is 2.55. The lowest BCUT2D eigenvalue weighted by molar-refractivity contribution is -0.149. The van der Waals surface area contributed by atoms with Gasteiger partial charge in [0.05, 0.1) is 27.6 Å². The maximum atomic E-state index is 12.9. The number of carbonyl (C=O) groups excluding carboxylic acids is 2. The number of aromatic nitrogens is 1. The fourth-order valence-corrected chi connectivity index (χ4v) is 4.22. The number of carbonyl (C=O) groups is 2. The van der Waals surface area contributed by atoms with Crippen molar-refractivity contribution in [2.24, 2.45) is 0 Å². The van der Waals surface area contributed by atoms with E-state index in [-0.39, 0.29) is 23.8 Å². The molecule has 24 heavy (non-hydrogen) atoms. The maximum absolute atomic E-state index is 12.9. The summed E-state index contributed by atoms with van der Waals surface area (Å²) in [6, 6.07) is 3.69. The highest BCUT2D eigenvalue weighted by atomic mass is 35.5. The second-order valence-corrected chi connectivity index (χ2v) is 7.58. The van der Waals surface area contributed by atoms with Crippen LogP contribution in [-0.2, 0) is 22.5 Å². The Kier molecular flexibility index (Phi) is 4.83. The van der Waals surface area contributed by atoms with E-state index in [4.69, 9.17) is 16.3 Å². The Morgan fingerprint density at radius 2 is 2.17 bits per heavy atom. The van der Waals surface area contributed by atoms with Gasteiger partial charge < -0.3 is 9.30 Å². The lowest BCUT2D eigenvalue weighted by Crippen LogP contribution is -2.18. The molecule has 0 radical (unpaired) electrons. The van der Waals surface area contributed by atoms with Crippen LogP contribution in [0.2, 0.25) is 5.02 Å². The molecule has 0 bridgehead atoms. The van der Waals surface area contributed by atoms with Gasteiger partial charge in [-0.1, -0.05) is 18.5 Å². The van der Waals surface area contributed by atoms with E-state index < -0.39 is 0 Å². The summed E-state index contributed by atoms with van der Waals surface area (Å²) >= 11 is 7.31. The Labute approximate surface area is 150 Å². The number of thiophene rings is 1. The molecule has 0 N–H and O–H groups in total. The monoisotopic (exact) mass is 365 g/mol. The average molecular weight is 366 g/mol. The smallest absolute Gasteiger partial charge is 0.315 e. The highest BCUT2D eigenvalue weighted by Crippen LogP contribution is 2.36. The van der Waals surface area contributed by atoms with Crippen LogP contribution in [-0.4, -0.2) is 22.4 Å². The summed E-state index contributed by atoms with van der Waals surface area (Å²) in [6.07, 6.45) is 1.28. The predicted octanol–water partition coefficient (Wildman–Crippen LogP) is 4.44. The largest absolute Gasteiger partial charge is 0.462 e. The van der Waals surface area contributed by atoms with E-state index in [9.17, 15) is 9.59 Å². The molecule has 0 amide bonds. The fraction of sp³-hybridized carbons (Fsp3) is 0.444. The third-order valence-electron chi connectivity index (χ3n) is 4.23. The molecule has 2 aromatic heterocycles. The third kappa shape index (κ3) is 3.03. The topological polar surface area (TPSA) is 48.3 Å². The van der Waals surface area contributed by atoms with Crippen LogP contribution in [0.4, 0.5) is 0 Å². The zero-order chi connectivity index (χ0) is 17.4. The van der Waals surface area contributed by atoms with E-state index in [0.717, 1.165) is 17.7 Å². The van der Waals surface area contributed by atoms with E-state index in [1.165, 1.54) is 11.3 Å². The molecule has 1 atom stereocenters. The second kappa shape index (κ2) is 6.73. The van der Waals surface area contributed by atoms with E-state index >= 15 is 0 Å². The van der Waals surface area contributed by atoms with Crippen LogP contribution in [0.3, 0.4) is 0 Å². The molecule has 0 fully saturated rings. The van der Waals surface area contributed by atoms with Crippen molar-refractivity contribution in [1.29, 1.82) is 0 Å². The molecule has 1 aliphatic heterocycles. The molecule has 2 aromatic rings. The molecule has 0 aromatic carbocycles. The lowest BCUT2D eigenvalue weighted by Gasteiger charge is -2.12. The van der Waals surface area contributed by atoms with E-state index in [1.807, 2.05) is 31.4 Å². The molecule has 3 heterocycles. The number of aryl methyl sites for hydroxylation is 1. The molecular weight excluding hydrogens is 346 g/mol. The first-order chi connectivity index (χ1) is 11.4. The molecule has 1 aliphatic rings. The molecule has 1 unspecified atom stereocenters. The van der Waals surface area contributed by atoms with E-state index in [2.05, 4.69) is 0 Å². The number of hydrogen-bond donors (Lipinski definition) is 0. The van der Waals surface area contributed by atoms with Crippen molar-refractivity contribution in [3.8, 4) is 0 Å². The maximum Gasteiger partial charge on any atom is 0.315 e. The van der Waals surface area contributed by atoms with Crippen LogP contribution in [0.5, 0.6) is 0 Å². The van der Waals surface area contributed by atoms with E-state index in [1.54, 1.807) is 11.4 Å². The molecule has 6 heteroatoms. The molecule has 0 aliphatic carbocycles. The van der Waals surface area contributed by atoms with E-state index in [0.29, 0.717) is 28.6 Å². The summed E-state index contributed by atoms with van der Waals surface area (Å²) in [7, 11) is 0. The number of ether oxygens (including phenoxy) is 1. The van der Waals surface area contributed by atoms with Gasteiger partial charge >= 0.3 is 5.97 Å². The first-order valence-corrected chi connectivity index (χ1v) is 9.39. The van der Waals surface area contributed by atoms with Gasteiger partial charge in [0, 0.05) is 17.6 Å². The number of halogens is 1. The average Bonchev–Trinajstić information content (AvgIpc) is 3.19. The van der Waals surface area contributed by atoms with Gasteiger partial charge in [-0.05, 0) is 44.4 Å². The minimum absolute atomic E-state index is 0.0205. The molecular formula is C18H20ClNO3S. The van der Waals surface area contributed by atoms with Crippen molar-refractivity contribution in [1.82, 2.24) is 4.57 Å². The van der Waals surface area contributed by atoms with Crippen molar-refractivity contribution in [2.75, 3.05) is 0 Å². The van der Waals surface area contributed by atoms with Crippen LogP contribution < -0.4 is 0 Å². The first kappa shape index (κ1) is 17.2. The normalized spacial score (nSPS) is 16.5. The van der Waals surface area contributed by atoms with Crippen molar-refractivity contribution in [3.63, 3.8) is 0 Å². The van der Waals surface area contributed by atoms with Crippen molar-refractivity contribution in [2.45, 2.75) is 52.2 Å². The molecule has 0 saturated heterocycles. The molecule has 3 rings (SSSR count). The summed E-state index contributed by atoms with van der Waals surface area (Å²) in [5.74, 6) is -0.513. The minimum atomic E-state index is -0.286. The first-order valence-electron chi connectivity index (χ1n) is 8.13. The quantitative estimate of drug-likeness (QED) is 0.581. The van der Waals surface area contributed by atoms with Crippen molar-refractivity contribution >= 4 is 34.7 Å². The molecule has 4 nitrogen and oxygen atoms in total. The van der Waals surface area contributed by atoms with Gasteiger partial charge in [0.25, 0.3) is 0 Å². The Balaban J connectivity index is 1.98. The van der Waals surface area contributed by atoms with Crippen LogP contribution in [0.1, 0.15) is 59.7 Å². The van der Waals surface area contributed by atoms with Gasteiger partial charge in [0.1, 0.15) is 0 Å². The number of hydrogen-bond acceptors (Lipinski definition) is 4. The van der Waals surface area contributed by atoms with Crippen LogP contribution in [0, 0.1) is 0 Å². The Morgan fingerprint density at radius 1 is 1.42 bits per heavy atom. The molecule has 128 valence electrons. The zero-order valence-corrected chi connectivity index (χ0v) is 15.5. The standard InChI is InChI=1S/C18H20ClNO3S/c1-4-11-7-14-13(18(22)23-10(2)3)5-6-20(14)16(11)17(21)15-8-12(19)9-24-15/h7-10,13H,4-6H2,1-3H3. The number of rotatable bonds is 5. The number of ketones is 1. The van der Waals surface area contributed by atoms with Gasteiger partial charge in [-0.3, -0.25) is 9.59 Å². The third-order valence-corrected chi connectivity index (χ3v) is 5.51. The predicted molar refractivity (Wildman–Crippen MR) is 95.2 cm³/mol. The molecule has 0 spiro atoms. The van der Waals surface area contributed by atoms with Gasteiger partial charge in [-0.25, -0.2) is 0 Å². The number of esters is 1. The summed E-state index contributed by atoms with van der Waals surface area (Å²) in [6.45, 7) is 6.37. The van der Waals surface area contributed by atoms with Gasteiger partial charge in [-0.2, -0.15) is 0 Å².